The molecular formula is C26H26N4O4S2. The molecule has 1 N–H and O–H groups in total. The monoisotopic (exact) mass is 522 g/mol. The van der Waals surface area contributed by atoms with Crippen LogP contribution in [-0.4, -0.2) is 48.0 Å². The first-order chi connectivity index (χ1) is 17.2. The van der Waals surface area contributed by atoms with E-state index in [9.17, 15) is 18.0 Å². The van der Waals surface area contributed by atoms with E-state index < -0.39 is 10.0 Å². The van der Waals surface area contributed by atoms with E-state index in [-0.39, 0.29) is 22.1 Å². The van der Waals surface area contributed by atoms with Gasteiger partial charge >= 0.3 is 0 Å². The molecule has 4 aromatic rings. The molecule has 10 heteroatoms. The second kappa shape index (κ2) is 10.7. The molecule has 36 heavy (non-hydrogen) atoms. The summed E-state index contributed by atoms with van der Waals surface area (Å²) in [6.07, 6.45) is 0. The van der Waals surface area contributed by atoms with E-state index >= 15 is 0 Å². The number of carbonyl (C=O) groups is 1. The first-order valence-electron chi connectivity index (χ1n) is 11.2. The van der Waals surface area contributed by atoms with Crippen LogP contribution in [0, 0.1) is 6.92 Å². The third-order valence-electron chi connectivity index (χ3n) is 5.61. The highest BCUT2D eigenvalue weighted by atomic mass is 32.2. The Bertz CT molecular complexity index is 1580. The van der Waals surface area contributed by atoms with Gasteiger partial charge < -0.3 is 5.32 Å². The standard InChI is InChI=1S/C26H26N4O4S2/c1-18-13-14-20(36(33,34)29(2)3)15-23(18)30-25(32)21-11-7-8-12-22(21)28-26(30)35-17-24(31)27-16-19-9-5-4-6-10-19/h4-15H,16-17H2,1-3H3,(H,27,31). The zero-order valence-corrected chi connectivity index (χ0v) is 21.8. The number of aryl methyl sites for hydroxylation is 1. The molecule has 0 aliphatic heterocycles. The molecule has 1 amide bonds. The molecule has 0 atom stereocenters. The fraction of sp³-hybridized carbons (Fsp3) is 0.192. The van der Waals surface area contributed by atoms with E-state index in [0.29, 0.717) is 33.9 Å². The quantitative estimate of drug-likeness (QED) is 0.281. The summed E-state index contributed by atoms with van der Waals surface area (Å²) in [7, 11) is -0.820. The lowest BCUT2D eigenvalue weighted by Crippen LogP contribution is -2.27. The first kappa shape index (κ1) is 25.6. The minimum Gasteiger partial charge on any atom is -0.351 e. The Morgan fingerprint density at radius 2 is 1.72 bits per heavy atom. The zero-order chi connectivity index (χ0) is 25.9. The number of nitrogens with one attached hydrogen (secondary N) is 1. The van der Waals surface area contributed by atoms with Crippen molar-refractivity contribution in [2.24, 2.45) is 0 Å². The molecule has 0 aliphatic rings. The number of hydrogen-bond donors (Lipinski definition) is 1. The van der Waals surface area contributed by atoms with E-state index in [0.717, 1.165) is 21.6 Å². The summed E-state index contributed by atoms with van der Waals surface area (Å²) >= 11 is 1.12. The van der Waals surface area contributed by atoms with Gasteiger partial charge in [0.2, 0.25) is 15.9 Å². The van der Waals surface area contributed by atoms with Crippen LogP contribution in [0.1, 0.15) is 11.1 Å². The highest BCUT2D eigenvalue weighted by Crippen LogP contribution is 2.26. The maximum absolute atomic E-state index is 13.6. The van der Waals surface area contributed by atoms with Crippen LogP contribution in [0.25, 0.3) is 16.6 Å². The Morgan fingerprint density at radius 1 is 1.03 bits per heavy atom. The smallest absolute Gasteiger partial charge is 0.266 e. The van der Waals surface area contributed by atoms with Crippen molar-refractivity contribution in [3.05, 3.63) is 94.3 Å². The average Bonchev–Trinajstić information content (AvgIpc) is 2.87. The van der Waals surface area contributed by atoms with Crippen LogP contribution in [0.3, 0.4) is 0 Å². The van der Waals surface area contributed by atoms with Crippen LogP contribution >= 0.6 is 11.8 Å². The summed E-state index contributed by atoms with van der Waals surface area (Å²) in [6.45, 7) is 2.19. The number of amides is 1. The Balaban J connectivity index is 1.73. The number of hydrogen-bond acceptors (Lipinski definition) is 6. The van der Waals surface area contributed by atoms with E-state index in [1.807, 2.05) is 30.3 Å². The van der Waals surface area contributed by atoms with E-state index in [2.05, 4.69) is 10.3 Å². The number of thioether (sulfide) groups is 1. The van der Waals surface area contributed by atoms with Gasteiger partial charge in [-0.05, 0) is 42.3 Å². The van der Waals surface area contributed by atoms with Gasteiger partial charge in [0.1, 0.15) is 0 Å². The van der Waals surface area contributed by atoms with Crippen molar-refractivity contribution in [2.45, 2.75) is 23.5 Å². The Labute approximate surface area is 214 Å². The maximum atomic E-state index is 13.6. The summed E-state index contributed by atoms with van der Waals surface area (Å²) < 4.78 is 28.1. The molecule has 8 nitrogen and oxygen atoms in total. The molecule has 1 aromatic heterocycles. The number of fused-ring (bicyclic) bond motifs is 1. The number of nitrogens with zero attached hydrogens (tertiary/aromatic N) is 3. The van der Waals surface area contributed by atoms with Crippen LogP contribution < -0.4 is 10.9 Å². The largest absolute Gasteiger partial charge is 0.351 e. The van der Waals surface area contributed by atoms with Gasteiger partial charge in [-0.15, -0.1) is 0 Å². The lowest BCUT2D eigenvalue weighted by atomic mass is 10.2. The van der Waals surface area contributed by atoms with E-state index in [1.165, 1.54) is 30.8 Å². The van der Waals surface area contributed by atoms with Crippen LogP contribution in [0.2, 0.25) is 0 Å². The molecule has 0 radical (unpaired) electrons. The highest BCUT2D eigenvalue weighted by Gasteiger charge is 2.21. The van der Waals surface area contributed by atoms with Gasteiger partial charge in [-0.1, -0.05) is 60.3 Å². The normalized spacial score (nSPS) is 11.7. The molecule has 0 saturated heterocycles. The molecular weight excluding hydrogens is 496 g/mol. The summed E-state index contributed by atoms with van der Waals surface area (Å²) in [5, 5.41) is 3.57. The fourth-order valence-electron chi connectivity index (χ4n) is 3.60. The number of carbonyl (C=O) groups excluding carboxylic acids is 1. The SMILES string of the molecule is Cc1ccc(S(=O)(=O)N(C)C)cc1-n1c(SCC(=O)NCc2ccccc2)nc2ccccc2c1=O. The lowest BCUT2D eigenvalue weighted by molar-refractivity contribution is -0.118. The molecule has 0 saturated carbocycles. The first-order valence-corrected chi connectivity index (χ1v) is 13.6. The molecule has 0 aliphatic carbocycles. The second-order valence-electron chi connectivity index (χ2n) is 8.34. The summed E-state index contributed by atoms with van der Waals surface area (Å²) in [5.74, 6) is -0.176. The maximum Gasteiger partial charge on any atom is 0.266 e. The predicted molar refractivity (Wildman–Crippen MR) is 142 cm³/mol. The fourth-order valence-corrected chi connectivity index (χ4v) is 5.36. The predicted octanol–water partition coefficient (Wildman–Crippen LogP) is 3.35. The number of rotatable bonds is 8. The van der Waals surface area contributed by atoms with Crippen LogP contribution in [0.15, 0.2) is 87.6 Å². The van der Waals surface area contributed by atoms with Gasteiger partial charge in [0.25, 0.3) is 5.56 Å². The second-order valence-corrected chi connectivity index (χ2v) is 11.4. The number of benzene rings is 3. The van der Waals surface area contributed by atoms with Crippen molar-refractivity contribution < 1.29 is 13.2 Å². The van der Waals surface area contributed by atoms with Gasteiger partial charge in [0.05, 0.1) is 27.2 Å². The van der Waals surface area contributed by atoms with Crippen molar-refractivity contribution in [1.82, 2.24) is 19.2 Å². The van der Waals surface area contributed by atoms with Gasteiger partial charge in [0.15, 0.2) is 5.16 Å². The van der Waals surface area contributed by atoms with Crippen molar-refractivity contribution in [3.8, 4) is 5.69 Å². The molecule has 0 spiro atoms. The molecule has 4 rings (SSSR count). The lowest BCUT2D eigenvalue weighted by Gasteiger charge is -2.17. The molecule has 0 unspecified atom stereocenters. The Kier molecular flexibility index (Phi) is 7.58. The van der Waals surface area contributed by atoms with Crippen LogP contribution in [-0.2, 0) is 21.4 Å². The average molecular weight is 523 g/mol. The molecule has 3 aromatic carbocycles. The van der Waals surface area contributed by atoms with Gasteiger partial charge in [-0.2, -0.15) is 0 Å². The Morgan fingerprint density at radius 3 is 2.44 bits per heavy atom. The molecule has 0 fully saturated rings. The zero-order valence-electron chi connectivity index (χ0n) is 20.1. The van der Waals surface area contributed by atoms with E-state index in [1.54, 1.807) is 37.3 Å². The van der Waals surface area contributed by atoms with Crippen LogP contribution in [0.4, 0.5) is 0 Å². The van der Waals surface area contributed by atoms with Crippen molar-refractivity contribution in [2.75, 3.05) is 19.8 Å². The van der Waals surface area contributed by atoms with Crippen molar-refractivity contribution >= 4 is 38.6 Å². The Hall–Kier alpha value is -3.47. The van der Waals surface area contributed by atoms with Gasteiger partial charge in [0, 0.05) is 20.6 Å². The number of sulfonamides is 1. The summed E-state index contributed by atoms with van der Waals surface area (Å²) in [5.41, 5.74) is 2.23. The third-order valence-corrected chi connectivity index (χ3v) is 8.36. The minimum absolute atomic E-state index is 0.0341. The van der Waals surface area contributed by atoms with E-state index in [4.69, 9.17) is 0 Å². The van der Waals surface area contributed by atoms with Crippen molar-refractivity contribution in [3.63, 3.8) is 0 Å². The third kappa shape index (κ3) is 5.35. The van der Waals surface area contributed by atoms with Crippen LogP contribution in [0.5, 0.6) is 0 Å². The molecule has 1 heterocycles. The van der Waals surface area contributed by atoms with Gasteiger partial charge in [-0.3, -0.25) is 14.2 Å². The highest BCUT2D eigenvalue weighted by molar-refractivity contribution is 7.99. The summed E-state index contributed by atoms with van der Waals surface area (Å²) in [4.78, 5) is 30.9. The topological polar surface area (TPSA) is 101 Å². The molecule has 0 bridgehead atoms. The minimum atomic E-state index is -3.73. The van der Waals surface area contributed by atoms with Crippen molar-refractivity contribution in [1.29, 1.82) is 0 Å². The number of aromatic nitrogens is 2. The van der Waals surface area contributed by atoms with Gasteiger partial charge in [-0.25, -0.2) is 17.7 Å². The summed E-state index contributed by atoms with van der Waals surface area (Å²) in [6, 6.07) is 21.2. The number of para-hydroxylation sites is 1. The molecule has 186 valence electrons.